The zero-order valence-corrected chi connectivity index (χ0v) is 8.83. The van der Waals surface area contributed by atoms with Crippen molar-refractivity contribution in [3.05, 3.63) is 23.9 Å². The Morgan fingerprint density at radius 3 is 2.54 bits per heavy atom. The normalized spacial score (nSPS) is 11.4. The third kappa shape index (κ3) is 3.42. The first-order valence-electron chi connectivity index (χ1n) is 4.63. The average molecular weight is 181 g/mol. The lowest BCUT2D eigenvalue weighted by Crippen LogP contribution is -2.14. The van der Waals surface area contributed by atoms with Crippen LogP contribution in [0.25, 0.3) is 0 Å². The summed E-state index contributed by atoms with van der Waals surface area (Å²) in [7, 11) is 1.90. The lowest BCUT2D eigenvalue weighted by atomic mass is 10.1. The topological polar surface area (TPSA) is 50.9 Å². The molecule has 1 atom stereocenters. The number of nitrogens with zero attached hydrogens (tertiary/aromatic N) is 1. The summed E-state index contributed by atoms with van der Waals surface area (Å²) in [6, 6.07) is 4.13. The molecule has 0 aliphatic rings. The largest absolute Gasteiger partial charge is 0.383 e. The Labute approximate surface area is 80.4 Å². The quantitative estimate of drug-likeness (QED) is 0.733. The molecule has 1 rings (SSSR count). The maximum Gasteiger partial charge on any atom is 0.128 e. The van der Waals surface area contributed by atoms with Crippen molar-refractivity contribution >= 4 is 5.82 Å². The molecule has 3 nitrogen and oxygen atoms in total. The van der Waals surface area contributed by atoms with Gasteiger partial charge in [-0.3, -0.25) is 0 Å². The van der Waals surface area contributed by atoms with E-state index in [9.17, 15) is 0 Å². The molecule has 3 N–H and O–H groups in total. The van der Waals surface area contributed by atoms with E-state index < -0.39 is 0 Å². The van der Waals surface area contributed by atoms with E-state index in [0.29, 0.717) is 5.82 Å². The van der Waals surface area contributed by atoms with Gasteiger partial charge in [0.05, 0.1) is 0 Å². The number of nitrogens with one attached hydrogen (secondary N) is 1. The standard InChI is InChI=1S/C8H13N3.C2H6/c1-6(10-2)7-4-3-5-11-8(7)9;1-2/h3-6,10H,1-2H3,(H2,9,11);1-2H3. The fourth-order valence-corrected chi connectivity index (χ4v) is 0.952. The second kappa shape index (κ2) is 6.43. The number of hydrogen-bond donors (Lipinski definition) is 2. The molecule has 0 radical (unpaired) electrons. The summed E-state index contributed by atoms with van der Waals surface area (Å²) in [5, 5.41) is 3.10. The fourth-order valence-electron chi connectivity index (χ4n) is 0.952. The van der Waals surface area contributed by atoms with Crippen molar-refractivity contribution in [2.24, 2.45) is 0 Å². The van der Waals surface area contributed by atoms with Crippen molar-refractivity contribution in [3.8, 4) is 0 Å². The molecular formula is C10H19N3. The number of anilines is 1. The summed E-state index contributed by atoms with van der Waals surface area (Å²) in [6.45, 7) is 6.05. The average Bonchev–Trinajstić information content (AvgIpc) is 2.20. The van der Waals surface area contributed by atoms with Gasteiger partial charge in [0, 0.05) is 17.8 Å². The highest BCUT2D eigenvalue weighted by Crippen LogP contribution is 2.15. The zero-order valence-electron chi connectivity index (χ0n) is 8.83. The van der Waals surface area contributed by atoms with Crippen LogP contribution in [0.4, 0.5) is 5.82 Å². The van der Waals surface area contributed by atoms with E-state index in [4.69, 9.17) is 5.73 Å². The lowest BCUT2D eigenvalue weighted by molar-refractivity contribution is 0.652. The first-order chi connectivity index (χ1) is 6.25. The number of nitrogen functional groups attached to an aromatic ring is 1. The van der Waals surface area contributed by atoms with Gasteiger partial charge in [-0.15, -0.1) is 0 Å². The second-order valence-electron chi connectivity index (χ2n) is 2.49. The highest BCUT2D eigenvalue weighted by molar-refractivity contribution is 5.40. The van der Waals surface area contributed by atoms with Gasteiger partial charge in [0.25, 0.3) is 0 Å². The first-order valence-corrected chi connectivity index (χ1v) is 4.63. The molecule has 3 heteroatoms. The van der Waals surface area contributed by atoms with Crippen molar-refractivity contribution < 1.29 is 0 Å². The van der Waals surface area contributed by atoms with Crippen molar-refractivity contribution in [1.29, 1.82) is 0 Å². The molecule has 1 aromatic heterocycles. The summed E-state index contributed by atoms with van der Waals surface area (Å²) >= 11 is 0. The molecule has 0 amide bonds. The van der Waals surface area contributed by atoms with Gasteiger partial charge in [0.2, 0.25) is 0 Å². The number of rotatable bonds is 2. The van der Waals surface area contributed by atoms with Crippen LogP contribution in [0, 0.1) is 0 Å². The van der Waals surface area contributed by atoms with Gasteiger partial charge in [0.15, 0.2) is 0 Å². The molecule has 0 saturated carbocycles. The molecule has 13 heavy (non-hydrogen) atoms. The highest BCUT2D eigenvalue weighted by Gasteiger charge is 2.05. The lowest BCUT2D eigenvalue weighted by Gasteiger charge is -2.11. The van der Waals surface area contributed by atoms with Crippen LogP contribution in [0.15, 0.2) is 18.3 Å². The summed E-state index contributed by atoms with van der Waals surface area (Å²) in [4.78, 5) is 3.99. The number of nitrogens with two attached hydrogens (primary N) is 1. The van der Waals surface area contributed by atoms with Gasteiger partial charge in [0.1, 0.15) is 5.82 Å². The van der Waals surface area contributed by atoms with Gasteiger partial charge in [-0.2, -0.15) is 0 Å². The van der Waals surface area contributed by atoms with E-state index in [1.54, 1.807) is 6.20 Å². The Kier molecular flexibility index (Phi) is 5.89. The summed E-state index contributed by atoms with van der Waals surface area (Å²) < 4.78 is 0. The molecule has 0 aromatic carbocycles. The van der Waals surface area contributed by atoms with E-state index in [2.05, 4.69) is 10.3 Å². The van der Waals surface area contributed by atoms with Crippen LogP contribution < -0.4 is 11.1 Å². The molecule has 0 aliphatic carbocycles. The minimum atomic E-state index is 0.267. The van der Waals surface area contributed by atoms with Crippen molar-refractivity contribution in [3.63, 3.8) is 0 Å². The van der Waals surface area contributed by atoms with E-state index >= 15 is 0 Å². The van der Waals surface area contributed by atoms with Crippen molar-refractivity contribution in [2.75, 3.05) is 12.8 Å². The predicted octanol–water partition coefficient (Wildman–Crippen LogP) is 1.97. The molecule has 1 unspecified atom stereocenters. The number of hydrogen-bond acceptors (Lipinski definition) is 3. The minimum absolute atomic E-state index is 0.267. The van der Waals surface area contributed by atoms with Gasteiger partial charge in [-0.05, 0) is 20.0 Å². The third-order valence-corrected chi connectivity index (χ3v) is 1.77. The fraction of sp³-hybridized carbons (Fsp3) is 0.500. The SMILES string of the molecule is CC.CNC(C)c1cccnc1N. The van der Waals surface area contributed by atoms with Crippen molar-refractivity contribution in [1.82, 2.24) is 10.3 Å². The Morgan fingerprint density at radius 2 is 2.08 bits per heavy atom. The Morgan fingerprint density at radius 1 is 1.46 bits per heavy atom. The van der Waals surface area contributed by atoms with Crippen LogP contribution in [-0.2, 0) is 0 Å². The van der Waals surface area contributed by atoms with Gasteiger partial charge in [-0.1, -0.05) is 19.9 Å². The van der Waals surface area contributed by atoms with Crippen LogP contribution in [-0.4, -0.2) is 12.0 Å². The third-order valence-electron chi connectivity index (χ3n) is 1.77. The van der Waals surface area contributed by atoms with Crippen LogP contribution in [0.3, 0.4) is 0 Å². The maximum atomic E-state index is 5.65. The maximum absolute atomic E-state index is 5.65. The van der Waals surface area contributed by atoms with Gasteiger partial charge >= 0.3 is 0 Å². The first kappa shape index (κ1) is 11.9. The van der Waals surface area contributed by atoms with Crippen LogP contribution in [0.1, 0.15) is 32.4 Å². The molecule has 0 aliphatic heterocycles. The van der Waals surface area contributed by atoms with E-state index in [1.807, 2.05) is 40.0 Å². The Bertz CT molecular complexity index is 235. The minimum Gasteiger partial charge on any atom is -0.383 e. The Balaban J connectivity index is 0.000000671. The van der Waals surface area contributed by atoms with E-state index in [1.165, 1.54) is 0 Å². The van der Waals surface area contributed by atoms with Gasteiger partial charge < -0.3 is 11.1 Å². The smallest absolute Gasteiger partial charge is 0.128 e. The monoisotopic (exact) mass is 181 g/mol. The number of aromatic nitrogens is 1. The summed E-state index contributed by atoms with van der Waals surface area (Å²) in [6.07, 6.45) is 1.70. The Hall–Kier alpha value is -1.09. The van der Waals surface area contributed by atoms with E-state index in [-0.39, 0.29) is 6.04 Å². The molecule has 0 fully saturated rings. The highest BCUT2D eigenvalue weighted by atomic mass is 14.9. The predicted molar refractivity (Wildman–Crippen MR) is 57.5 cm³/mol. The van der Waals surface area contributed by atoms with E-state index in [0.717, 1.165) is 5.56 Å². The van der Waals surface area contributed by atoms with Crippen molar-refractivity contribution in [2.45, 2.75) is 26.8 Å². The summed E-state index contributed by atoms with van der Waals surface area (Å²) in [5.41, 5.74) is 6.70. The molecule has 0 spiro atoms. The van der Waals surface area contributed by atoms with Gasteiger partial charge in [-0.25, -0.2) is 4.98 Å². The molecule has 1 aromatic rings. The second-order valence-corrected chi connectivity index (χ2v) is 2.49. The summed E-state index contributed by atoms with van der Waals surface area (Å²) in [5.74, 6) is 0.606. The number of pyridine rings is 1. The van der Waals surface area contributed by atoms with Crippen LogP contribution in [0.5, 0.6) is 0 Å². The molecule has 0 saturated heterocycles. The molecule has 74 valence electrons. The van der Waals surface area contributed by atoms with Crippen LogP contribution in [0.2, 0.25) is 0 Å². The molecule has 0 bridgehead atoms. The molecule has 1 heterocycles. The van der Waals surface area contributed by atoms with Crippen LogP contribution >= 0.6 is 0 Å². The zero-order chi connectivity index (χ0) is 10.3. The molecular weight excluding hydrogens is 162 g/mol.